The fourth-order valence-electron chi connectivity index (χ4n) is 5.35. The van der Waals surface area contributed by atoms with Crippen LogP contribution in [0.3, 0.4) is 0 Å². The van der Waals surface area contributed by atoms with E-state index >= 15 is 0 Å². The Hall–Kier alpha value is -3.57. The van der Waals surface area contributed by atoms with E-state index in [1.807, 2.05) is 17.0 Å². The van der Waals surface area contributed by atoms with Crippen LogP contribution in [0.5, 0.6) is 0 Å². The van der Waals surface area contributed by atoms with Gasteiger partial charge in [-0.25, -0.2) is 0 Å². The van der Waals surface area contributed by atoms with E-state index in [-0.39, 0.29) is 23.5 Å². The van der Waals surface area contributed by atoms with E-state index in [0.717, 1.165) is 16.8 Å². The van der Waals surface area contributed by atoms with Crippen molar-refractivity contribution in [1.82, 2.24) is 20.1 Å². The molecule has 4 heterocycles. The lowest BCUT2D eigenvalue weighted by Crippen LogP contribution is -2.62. The van der Waals surface area contributed by atoms with Crippen molar-refractivity contribution < 1.29 is 19.2 Å². The number of nitro groups is 1. The molecule has 1 aromatic carbocycles. The van der Waals surface area contributed by atoms with Crippen LogP contribution in [0.25, 0.3) is 0 Å². The quantitative estimate of drug-likeness (QED) is 0.463. The molecule has 2 amide bonds. The predicted octanol–water partition coefficient (Wildman–Crippen LogP) is 0.828. The van der Waals surface area contributed by atoms with Crippen molar-refractivity contribution in [3.63, 3.8) is 0 Å². The number of carbonyl (C=O) groups excluding carboxylic acids is 2. The van der Waals surface area contributed by atoms with Gasteiger partial charge in [0.05, 0.1) is 36.6 Å². The maximum atomic E-state index is 13.4. The van der Waals surface area contributed by atoms with Crippen LogP contribution in [-0.2, 0) is 27.3 Å². The summed E-state index contributed by atoms with van der Waals surface area (Å²) in [6.45, 7) is 4.87. The third-order valence-corrected chi connectivity index (χ3v) is 7.24. The number of amides is 2. The fraction of sp³-hybridized carbons (Fsp3) is 0.480. The lowest BCUT2D eigenvalue weighted by molar-refractivity contribution is -0.384. The average Bonchev–Trinajstić information content (AvgIpc) is 2.91. The van der Waals surface area contributed by atoms with Crippen LogP contribution in [0.15, 0.2) is 42.7 Å². The summed E-state index contributed by atoms with van der Waals surface area (Å²) < 4.78 is 5.36. The molecular weight excluding hydrogens is 464 g/mol. The van der Waals surface area contributed by atoms with Gasteiger partial charge in [0, 0.05) is 69.5 Å². The number of nitrogens with zero attached hydrogens (tertiary/aromatic N) is 5. The number of aromatic nitrogens is 1. The molecule has 2 aromatic rings. The molecule has 190 valence electrons. The van der Waals surface area contributed by atoms with Gasteiger partial charge in [-0.15, -0.1) is 0 Å². The zero-order valence-electron chi connectivity index (χ0n) is 20.0. The van der Waals surface area contributed by atoms with Crippen molar-refractivity contribution in [3.05, 3.63) is 64.0 Å². The van der Waals surface area contributed by atoms with Crippen molar-refractivity contribution in [3.8, 4) is 0 Å². The minimum Gasteiger partial charge on any atom is -0.378 e. The van der Waals surface area contributed by atoms with E-state index in [0.29, 0.717) is 65.4 Å². The van der Waals surface area contributed by atoms with Gasteiger partial charge in [0.15, 0.2) is 0 Å². The molecule has 3 aliphatic rings. The average molecular weight is 495 g/mol. The number of benzene rings is 1. The molecule has 1 aromatic heterocycles. The van der Waals surface area contributed by atoms with Crippen LogP contribution in [-0.4, -0.2) is 90.0 Å². The summed E-state index contributed by atoms with van der Waals surface area (Å²) in [5, 5.41) is 14.4. The smallest absolute Gasteiger partial charge is 0.269 e. The first-order valence-electron chi connectivity index (χ1n) is 12.3. The molecule has 0 spiro atoms. The molecule has 36 heavy (non-hydrogen) atoms. The molecular formula is C25H30N6O5. The normalized spacial score (nSPS) is 21.9. The van der Waals surface area contributed by atoms with Gasteiger partial charge in [-0.1, -0.05) is 6.07 Å². The van der Waals surface area contributed by atoms with Crippen LogP contribution in [0.4, 0.5) is 11.4 Å². The number of pyridine rings is 1. The van der Waals surface area contributed by atoms with Crippen LogP contribution in [0, 0.1) is 16.0 Å². The molecule has 0 aliphatic carbocycles. The number of nitrogens with one attached hydrogen (secondary N) is 1. The minimum absolute atomic E-state index is 0.0245. The van der Waals surface area contributed by atoms with Gasteiger partial charge >= 0.3 is 0 Å². The number of rotatable bonds is 6. The van der Waals surface area contributed by atoms with Crippen LogP contribution in [0.2, 0.25) is 0 Å². The summed E-state index contributed by atoms with van der Waals surface area (Å²) in [6.07, 6.45) is 3.80. The Kier molecular flexibility index (Phi) is 7.10. The maximum absolute atomic E-state index is 13.4. The first-order valence-corrected chi connectivity index (χ1v) is 12.3. The van der Waals surface area contributed by atoms with Crippen molar-refractivity contribution in [2.24, 2.45) is 5.92 Å². The molecule has 1 N–H and O–H groups in total. The molecule has 2 atom stereocenters. The van der Waals surface area contributed by atoms with E-state index < -0.39 is 10.8 Å². The Bertz CT molecular complexity index is 1120. The monoisotopic (exact) mass is 494 g/mol. The summed E-state index contributed by atoms with van der Waals surface area (Å²) in [6, 6.07) is 8.48. The van der Waals surface area contributed by atoms with Crippen LogP contribution in [0.1, 0.15) is 11.1 Å². The highest BCUT2D eigenvalue weighted by atomic mass is 16.6. The lowest BCUT2D eigenvalue weighted by Gasteiger charge is -2.49. The molecule has 5 rings (SSSR count). The molecule has 11 heteroatoms. The number of non-ortho nitro benzene ring substituents is 1. The molecule has 0 unspecified atom stereocenters. The number of hydrogen-bond donors (Lipinski definition) is 1. The number of ether oxygens (including phenoxy) is 1. The second-order valence-corrected chi connectivity index (χ2v) is 9.45. The zero-order chi connectivity index (χ0) is 25.1. The standard InChI is InChI=1S/C25H30N6O5/c32-24(29-8-10-36-11-9-29)17-28-6-7-30-22-4-3-20(31(34)35)12-19(22)13-21(23(30)16-28)25(33)27-15-18-2-1-5-26-14-18/h1-5,12,14,21,23H,6-11,13,15-17H2,(H,27,33)/t21-,23+/m1/s1. The number of morpholine rings is 1. The van der Waals surface area contributed by atoms with E-state index in [4.69, 9.17) is 4.74 Å². The molecule has 0 bridgehead atoms. The highest BCUT2D eigenvalue weighted by molar-refractivity contribution is 5.82. The zero-order valence-corrected chi connectivity index (χ0v) is 20.0. The lowest BCUT2D eigenvalue weighted by atomic mass is 9.83. The Morgan fingerprint density at radius 1 is 1.17 bits per heavy atom. The second-order valence-electron chi connectivity index (χ2n) is 9.45. The second kappa shape index (κ2) is 10.6. The summed E-state index contributed by atoms with van der Waals surface area (Å²) in [5.41, 5.74) is 2.66. The summed E-state index contributed by atoms with van der Waals surface area (Å²) in [7, 11) is 0. The molecule has 2 saturated heterocycles. The first-order chi connectivity index (χ1) is 17.5. The highest BCUT2D eigenvalue weighted by Gasteiger charge is 2.42. The third-order valence-electron chi connectivity index (χ3n) is 7.24. The van der Waals surface area contributed by atoms with Gasteiger partial charge in [0.2, 0.25) is 11.8 Å². The van der Waals surface area contributed by atoms with Gasteiger partial charge in [0.25, 0.3) is 5.69 Å². The van der Waals surface area contributed by atoms with E-state index in [1.165, 1.54) is 6.07 Å². The molecule has 0 saturated carbocycles. The van der Waals surface area contributed by atoms with Crippen molar-refractivity contribution in [2.45, 2.75) is 19.0 Å². The van der Waals surface area contributed by atoms with Gasteiger partial charge in [0.1, 0.15) is 0 Å². The van der Waals surface area contributed by atoms with Gasteiger partial charge in [-0.05, 0) is 29.7 Å². The summed E-state index contributed by atoms with van der Waals surface area (Å²) >= 11 is 0. The summed E-state index contributed by atoms with van der Waals surface area (Å²) in [4.78, 5) is 47.5. The molecule has 3 aliphatic heterocycles. The number of carbonyl (C=O) groups is 2. The number of fused-ring (bicyclic) bond motifs is 3. The number of piperazine rings is 1. The van der Waals surface area contributed by atoms with Gasteiger partial charge in [-0.3, -0.25) is 29.6 Å². The van der Waals surface area contributed by atoms with Crippen molar-refractivity contribution in [2.75, 3.05) is 57.4 Å². The fourth-order valence-corrected chi connectivity index (χ4v) is 5.35. The van der Waals surface area contributed by atoms with Gasteiger partial charge in [-0.2, -0.15) is 0 Å². The van der Waals surface area contributed by atoms with E-state index in [9.17, 15) is 19.7 Å². The number of nitro benzene ring substituents is 1. The van der Waals surface area contributed by atoms with Crippen molar-refractivity contribution >= 4 is 23.2 Å². The Morgan fingerprint density at radius 2 is 2.00 bits per heavy atom. The Morgan fingerprint density at radius 3 is 2.75 bits per heavy atom. The largest absolute Gasteiger partial charge is 0.378 e. The molecule has 11 nitrogen and oxygen atoms in total. The highest BCUT2D eigenvalue weighted by Crippen LogP contribution is 2.38. The number of anilines is 1. The predicted molar refractivity (Wildman–Crippen MR) is 131 cm³/mol. The third kappa shape index (κ3) is 5.17. The number of hydrogen-bond acceptors (Lipinski definition) is 8. The Labute approximate surface area is 209 Å². The SMILES string of the molecule is O=C(NCc1cccnc1)[C@@H]1Cc2cc([N+](=O)[O-])ccc2N2CCN(CC(=O)N3CCOCC3)C[C@@H]12. The minimum atomic E-state index is -0.405. The molecule has 2 fully saturated rings. The maximum Gasteiger partial charge on any atom is 0.269 e. The van der Waals surface area contributed by atoms with E-state index in [1.54, 1.807) is 24.5 Å². The van der Waals surface area contributed by atoms with E-state index in [2.05, 4.69) is 20.1 Å². The van der Waals surface area contributed by atoms with Crippen LogP contribution >= 0.6 is 0 Å². The molecule has 0 radical (unpaired) electrons. The summed E-state index contributed by atoms with van der Waals surface area (Å²) in [5.74, 6) is -0.430. The first kappa shape index (κ1) is 24.1. The Balaban J connectivity index is 1.35. The topological polar surface area (TPSA) is 121 Å². The van der Waals surface area contributed by atoms with Crippen LogP contribution < -0.4 is 10.2 Å². The van der Waals surface area contributed by atoms with Gasteiger partial charge < -0.3 is 19.9 Å². The van der Waals surface area contributed by atoms with Crippen molar-refractivity contribution in [1.29, 1.82) is 0 Å².